The van der Waals surface area contributed by atoms with Crippen molar-refractivity contribution in [2.45, 2.75) is 44.0 Å². The Morgan fingerprint density at radius 2 is 1.62 bits per heavy atom. The molecule has 0 saturated carbocycles. The van der Waals surface area contributed by atoms with Crippen molar-refractivity contribution in [3.05, 3.63) is 59.3 Å². The first-order valence-electron chi connectivity index (χ1n) is 14.1. The van der Waals surface area contributed by atoms with Crippen molar-refractivity contribution in [3.8, 4) is 0 Å². The molecule has 5 rings (SSSR count). The van der Waals surface area contributed by atoms with Crippen LogP contribution in [0.25, 0.3) is 10.9 Å². The maximum absolute atomic E-state index is 13.0. The van der Waals surface area contributed by atoms with Crippen molar-refractivity contribution < 1.29 is 33.8 Å². The number of fused-ring (bicyclic) bond motifs is 1. The van der Waals surface area contributed by atoms with Crippen molar-refractivity contribution in [1.29, 1.82) is 0 Å². The summed E-state index contributed by atoms with van der Waals surface area (Å²) in [4.78, 5) is 27.6. The molecule has 3 heterocycles. The molecular weight excluding hydrogens is 579 g/mol. The summed E-state index contributed by atoms with van der Waals surface area (Å²) in [5.74, 6) is -0.138. The van der Waals surface area contributed by atoms with E-state index in [1.165, 1.54) is 4.90 Å². The zero-order chi connectivity index (χ0) is 30.2. The van der Waals surface area contributed by atoms with E-state index in [0.717, 1.165) is 67.9 Å². The summed E-state index contributed by atoms with van der Waals surface area (Å²) in [5, 5.41) is 5.62. The minimum atomic E-state index is -9.78. The molecule has 0 unspecified atom stereocenters. The fraction of sp³-hybridized carbons (Fsp3) is 0.483. The van der Waals surface area contributed by atoms with Crippen LogP contribution < -0.4 is 0 Å². The number of aromatic nitrogens is 2. The van der Waals surface area contributed by atoms with Gasteiger partial charge < -0.3 is 9.64 Å². The van der Waals surface area contributed by atoms with Crippen molar-refractivity contribution in [2.75, 3.05) is 45.9 Å². The summed E-state index contributed by atoms with van der Waals surface area (Å²) in [5.41, 5.74) is 2.37. The lowest BCUT2D eigenvalue weighted by Crippen LogP contribution is -2.39. The van der Waals surface area contributed by atoms with Gasteiger partial charge in [0.25, 0.3) is 5.91 Å². The third kappa shape index (κ3) is 7.12. The first-order valence-corrected chi connectivity index (χ1v) is 16.1. The molecule has 13 heteroatoms. The topological polar surface area (TPSA) is 67.7 Å². The number of ketones is 1. The van der Waals surface area contributed by atoms with Crippen molar-refractivity contribution in [2.24, 2.45) is 5.92 Å². The Hall–Kier alpha value is -3.03. The fourth-order valence-corrected chi connectivity index (χ4v) is 6.37. The molecule has 230 valence electrons. The van der Waals surface area contributed by atoms with E-state index in [-0.39, 0.29) is 29.4 Å². The van der Waals surface area contributed by atoms with Gasteiger partial charge in [-0.3, -0.25) is 19.2 Å². The van der Waals surface area contributed by atoms with Crippen LogP contribution in [0.5, 0.6) is 0 Å². The van der Waals surface area contributed by atoms with Gasteiger partial charge in [0.1, 0.15) is 4.90 Å². The van der Waals surface area contributed by atoms with Gasteiger partial charge in [0.2, 0.25) is 0 Å². The monoisotopic (exact) mass is 614 g/mol. The van der Waals surface area contributed by atoms with Crippen molar-refractivity contribution in [3.63, 3.8) is 0 Å². The lowest BCUT2D eigenvalue weighted by atomic mass is 9.96. The van der Waals surface area contributed by atoms with Crippen LogP contribution in [0.4, 0.5) is 19.4 Å². The number of carbonyl (C=O) groups excluding carboxylic acids is 2. The second kappa shape index (κ2) is 10.9. The number of amides is 1. The van der Waals surface area contributed by atoms with E-state index in [1.54, 1.807) is 0 Å². The maximum Gasteiger partial charge on any atom is 0.310 e. The maximum atomic E-state index is 13.0. The van der Waals surface area contributed by atoms with Crippen LogP contribution in [-0.4, -0.2) is 77.2 Å². The van der Waals surface area contributed by atoms with Gasteiger partial charge in [-0.15, -0.1) is 0 Å². The summed E-state index contributed by atoms with van der Waals surface area (Å²) in [6.45, 7) is 7.51. The highest BCUT2D eigenvalue weighted by Crippen LogP contribution is 3.02. The van der Waals surface area contributed by atoms with E-state index in [9.17, 15) is 29.0 Å². The molecule has 0 spiro atoms. The Bertz CT molecular complexity index is 1460. The van der Waals surface area contributed by atoms with Crippen LogP contribution >= 0.6 is 10.2 Å². The molecule has 0 aliphatic carbocycles. The average Bonchev–Trinajstić information content (AvgIpc) is 3.36. The van der Waals surface area contributed by atoms with Gasteiger partial charge in [-0.25, -0.2) is 0 Å². The molecule has 7 nitrogen and oxygen atoms in total. The van der Waals surface area contributed by atoms with Gasteiger partial charge in [-0.2, -0.15) is 5.10 Å². The van der Waals surface area contributed by atoms with E-state index in [0.29, 0.717) is 44.5 Å². The number of halogens is 5. The number of aryl methyl sites for hydroxylation is 1. The van der Waals surface area contributed by atoms with Crippen LogP contribution in [0.15, 0.2) is 47.5 Å². The molecule has 1 amide bonds. The molecular formula is C29H35F5N4O3S. The second-order valence-corrected chi connectivity index (χ2v) is 13.6. The number of benzene rings is 2. The number of rotatable bonds is 9. The number of morpholine rings is 1. The Morgan fingerprint density at radius 1 is 0.952 bits per heavy atom. The van der Waals surface area contributed by atoms with Crippen LogP contribution in [0, 0.1) is 12.8 Å². The van der Waals surface area contributed by atoms with Gasteiger partial charge in [0.05, 0.1) is 18.7 Å². The molecule has 2 aliphatic rings. The van der Waals surface area contributed by atoms with Crippen LogP contribution in [-0.2, 0) is 11.3 Å². The first-order chi connectivity index (χ1) is 19.7. The van der Waals surface area contributed by atoms with Gasteiger partial charge in [-0.05, 0) is 80.6 Å². The van der Waals surface area contributed by atoms with E-state index >= 15 is 0 Å². The summed E-state index contributed by atoms with van der Waals surface area (Å²) in [6, 6.07) is 5.88. The van der Waals surface area contributed by atoms with Crippen LogP contribution in [0.3, 0.4) is 0 Å². The molecule has 2 aromatic carbocycles. The number of piperidine rings is 1. The number of carbonyl (C=O) groups is 2. The fourth-order valence-electron chi connectivity index (χ4n) is 5.72. The first kappa shape index (κ1) is 30.4. The Kier molecular flexibility index (Phi) is 7.90. The summed E-state index contributed by atoms with van der Waals surface area (Å²) >= 11 is 0. The van der Waals surface area contributed by atoms with E-state index in [1.807, 2.05) is 29.9 Å². The normalized spacial score (nSPS) is 19.0. The minimum Gasteiger partial charge on any atom is -0.379 e. The second-order valence-electron chi connectivity index (χ2n) is 11.2. The number of Topliss-reactive ketones (excluding diaryl/α,β-unsaturated/α-hetero) is 1. The van der Waals surface area contributed by atoms with Gasteiger partial charge in [-0.1, -0.05) is 19.4 Å². The molecule has 42 heavy (non-hydrogen) atoms. The number of hydrogen-bond acceptors (Lipinski definition) is 5. The SMILES string of the molecule is Cc1c(C(=O)CCCN2CCOCC2)ccc2nn(CC3CCN(C(=O)c4ccc(S(F)(F)(F)(F)F)cc4)CC3)cc12. The third-order valence-electron chi connectivity index (χ3n) is 8.18. The number of hydrogen-bond donors (Lipinski definition) is 0. The highest BCUT2D eigenvalue weighted by molar-refractivity contribution is 8.45. The highest BCUT2D eigenvalue weighted by atomic mass is 32.5. The predicted molar refractivity (Wildman–Crippen MR) is 152 cm³/mol. The molecule has 0 atom stereocenters. The van der Waals surface area contributed by atoms with Crippen LogP contribution in [0.2, 0.25) is 0 Å². The highest BCUT2D eigenvalue weighted by Gasteiger charge is 2.65. The molecule has 1 aromatic heterocycles. The summed E-state index contributed by atoms with van der Waals surface area (Å²) in [6.07, 6.45) is 4.56. The van der Waals surface area contributed by atoms with Gasteiger partial charge in [0, 0.05) is 61.9 Å². The molecule has 0 N–H and O–H groups in total. The van der Waals surface area contributed by atoms with Gasteiger partial charge in [0.15, 0.2) is 5.78 Å². The molecule has 0 bridgehead atoms. The Balaban J connectivity index is 1.15. The molecule has 0 radical (unpaired) electrons. The minimum absolute atomic E-state index is 0.0562. The number of ether oxygens (including phenoxy) is 1. The van der Waals surface area contributed by atoms with E-state index in [4.69, 9.17) is 4.74 Å². The smallest absolute Gasteiger partial charge is 0.310 e. The standard InChI is InChI=1S/C29H35F5N4O3S/c1-21-25(28(39)3-2-12-36-15-17-41-18-16-36)8-9-27-26(21)20-38(35-27)19-22-10-13-37(14-11-22)29(40)23-4-6-24(7-5-23)42(30,31,32,33)34/h4-9,20,22H,2-3,10-19H2,1H3. The van der Waals surface area contributed by atoms with E-state index in [2.05, 4.69) is 10.00 Å². The average molecular weight is 615 g/mol. The van der Waals surface area contributed by atoms with Crippen LogP contribution in [0.1, 0.15) is 52.0 Å². The lowest BCUT2D eigenvalue weighted by Gasteiger charge is -2.40. The Morgan fingerprint density at radius 3 is 2.26 bits per heavy atom. The quantitative estimate of drug-likeness (QED) is 0.195. The number of likely N-dealkylation sites (tertiary alicyclic amines) is 1. The summed E-state index contributed by atoms with van der Waals surface area (Å²) < 4.78 is 72.2. The molecule has 2 fully saturated rings. The molecule has 2 aliphatic heterocycles. The van der Waals surface area contributed by atoms with Crippen molar-refractivity contribution >= 4 is 32.8 Å². The summed E-state index contributed by atoms with van der Waals surface area (Å²) in [7, 11) is -9.78. The lowest BCUT2D eigenvalue weighted by molar-refractivity contribution is 0.0371. The largest absolute Gasteiger partial charge is 0.379 e. The Labute approximate surface area is 241 Å². The number of nitrogens with zero attached hydrogens (tertiary/aromatic N) is 4. The van der Waals surface area contributed by atoms with E-state index < -0.39 is 21.0 Å². The zero-order valence-electron chi connectivity index (χ0n) is 23.4. The third-order valence-corrected chi connectivity index (χ3v) is 9.35. The predicted octanol–water partition coefficient (Wildman–Crippen LogP) is 6.85. The van der Waals surface area contributed by atoms with Gasteiger partial charge >= 0.3 is 10.2 Å². The molecule has 2 saturated heterocycles. The molecule has 3 aromatic rings. The zero-order valence-corrected chi connectivity index (χ0v) is 24.2. The van der Waals surface area contributed by atoms with Crippen molar-refractivity contribution in [1.82, 2.24) is 19.6 Å².